The quantitative estimate of drug-likeness (QED) is 0.308. The van der Waals surface area contributed by atoms with E-state index >= 15 is 0 Å². The Morgan fingerprint density at radius 1 is 1.00 bits per heavy atom. The van der Waals surface area contributed by atoms with Crippen LogP contribution in [0.15, 0.2) is 16.6 Å². The minimum atomic E-state index is -2.06. The Morgan fingerprint density at radius 2 is 1.62 bits per heavy atom. The van der Waals surface area contributed by atoms with E-state index in [-0.39, 0.29) is 6.79 Å². The van der Waals surface area contributed by atoms with Crippen LogP contribution in [-0.2, 0) is 13.9 Å². The molecule has 6 nitrogen and oxygen atoms in total. The van der Waals surface area contributed by atoms with Gasteiger partial charge < -0.3 is 28.1 Å². The van der Waals surface area contributed by atoms with E-state index in [0.29, 0.717) is 40.5 Å². The molecule has 0 bridgehead atoms. The molecule has 0 amide bonds. The summed E-state index contributed by atoms with van der Waals surface area (Å²) in [6.45, 7) is 14.1. The molecule has 0 unspecified atom stereocenters. The highest BCUT2D eigenvalue weighted by Gasteiger charge is 2.47. The van der Waals surface area contributed by atoms with E-state index in [0.717, 1.165) is 4.47 Å². The zero-order chi connectivity index (χ0) is 21.8. The lowest BCUT2D eigenvalue weighted by Crippen LogP contribution is -2.52. The maximum atomic E-state index is 6.74. The van der Waals surface area contributed by atoms with Crippen molar-refractivity contribution in [3.8, 4) is 17.2 Å². The molecule has 1 heterocycles. The smallest absolute Gasteiger partial charge is 0.241 e. The second-order valence-electron chi connectivity index (χ2n) is 8.28. The third-order valence-corrected chi connectivity index (χ3v) is 12.1. The Hall–Kier alpha value is -0.803. The number of benzene rings is 1. The molecule has 0 aromatic heterocycles. The van der Waals surface area contributed by atoms with Crippen molar-refractivity contribution in [2.45, 2.75) is 70.6 Å². The minimum Gasteiger partial charge on any atom is -0.493 e. The number of rotatable bonds is 10. The van der Waals surface area contributed by atoms with Crippen LogP contribution in [0.5, 0.6) is 17.2 Å². The van der Waals surface area contributed by atoms with E-state index in [1.165, 1.54) is 0 Å². The summed E-state index contributed by atoms with van der Waals surface area (Å²) >= 11 is 3.47. The molecule has 29 heavy (non-hydrogen) atoms. The fourth-order valence-corrected chi connectivity index (χ4v) is 10.3. The van der Waals surface area contributed by atoms with Gasteiger partial charge in [0.25, 0.3) is 0 Å². The van der Waals surface area contributed by atoms with Crippen LogP contribution in [0.25, 0.3) is 0 Å². The molecule has 2 rings (SSSR count). The van der Waals surface area contributed by atoms with E-state index in [4.69, 9.17) is 28.1 Å². The molecule has 8 heteroatoms. The minimum absolute atomic E-state index is 0.103. The maximum absolute atomic E-state index is 6.74. The first-order valence-corrected chi connectivity index (χ1v) is 13.1. The van der Waals surface area contributed by atoms with Crippen molar-refractivity contribution in [2.75, 3.05) is 27.6 Å². The molecule has 166 valence electrons. The Kier molecular flexibility index (Phi) is 8.84. The third-order valence-electron chi connectivity index (χ3n) is 5.58. The monoisotopic (exact) mass is 490 g/mol. The molecule has 0 spiro atoms. The summed E-state index contributed by atoms with van der Waals surface area (Å²) < 4.78 is 36.3. The van der Waals surface area contributed by atoms with Gasteiger partial charge >= 0.3 is 0 Å². The highest BCUT2D eigenvalue weighted by Crippen LogP contribution is 2.46. The summed E-state index contributed by atoms with van der Waals surface area (Å²) in [5, 5.41) is 0. The summed E-state index contributed by atoms with van der Waals surface area (Å²) in [4.78, 5) is 0. The molecule has 0 radical (unpaired) electrons. The van der Waals surface area contributed by atoms with Crippen LogP contribution in [0.4, 0.5) is 0 Å². The van der Waals surface area contributed by atoms with Crippen LogP contribution in [0.1, 0.15) is 41.5 Å². The topological polar surface area (TPSA) is 55.4 Å². The fraction of sp³-hybridized carbons (Fsp3) is 0.714. The van der Waals surface area contributed by atoms with Gasteiger partial charge in [0, 0.05) is 11.6 Å². The number of methoxy groups -OCH3 is 2. The predicted molar refractivity (Wildman–Crippen MR) is 119 cm³/mol. The van der Waals surface area contributed by atoms with Crippen LogP contribution in [-0.4, -0.2) is 48.3 Å². The summed E-state index contributed by atoms with van der Waals surface area (Å²) in [7, 11) is 1.13. The Balaban J connectivity index is 2.31. The second kappa shape index (κ2) is 10.5. The van der Waals surface area contributed by atoms with Crippen molar-refractivity contribution in [3.05, 3.63) is 16.6 Å². The summed E-state index contributed by atoms with van der Waals surface area (Å²) in [6.07, 6.45) is -1.07. The first kappa shape index (κ1) is 24.5. The third kappa shape index (κ3) is 5.28. The van der Waals surface area contributed by atoms with E-state index in [9.17, 15) is 0 Å². The van der Waals surface area contributed by atoms with Crippen molar-refractivity contribution in [3.63, 3.8) is 0 Å². The van der Waals surface area contributed by atoms with Gasteiger partial charge in [0.2, 0.25) is 20.4 Å². The highest BCUT2D eigenvalue weighted by atomic mass is 79.9. The number of hydrogen-bond donors (Lipinski definition) is 0. The largest absolute Gasteiger partial charge is 0.493 e. The molecule has 0 N–H and O–H groups in total. The first-order valence-electron chi connectivity index (χ1n) is 10.1. The average Bonchev–Trinajstić information content (AvgIpc) is 2.65. The van der Waals surface area contributed by atoms with Crippen LogP contribution in [0, 0.1) is 0 Å². The number of fused-ring (bicyclic) bond motifs is 1. The van der Waals surface area contributed by atoms with Crippen molar-refractivity contribution in [2.24, 2.45) is 0 Å². The fourth-order valence-electron chi connectivity index (χ4n) is 4.42. The van der Waals surface area contributed by atoms with Crippen LogP contribution < -0.4 is 14.2 Å². The lowest BCUT2D eigenvalue weighted by atomic mass is 10.2. The Labute approximate surface area is 184 Å². The van der Waals surface area contributed by atoms with Gasteiger partial charge in [-0.05, 0) is 28.8 Å². The van der Waals surface area contributed by atoms with Gasteiger partial charge in [-0.2, -0.15) is 0 Å². The lowest BCUT2D eigenvalue weighted by Gasteiger charge is -2.44. The Bertz CT molecular complexity index is 645. The number of ether oxygens (including phenoxy) is 5. The molecule has 1 aromatic rings. The molecule has 1 aliphatic heterocycles. The molecular weight excluding hydrogens is 456 g/mol. The Morgan fingerprint density at radius 3 is 2.14 bits per heavy atom. The molecule has 2 atom stereocenters. The van der Waals surface area contributed by atoms with Gasteiger partial charge in [0.15, 0.2) is 24.4 Å². The molecule has 1 aliphatic rings. The SMILES string of the molecule is COCO[C@H]1Oc2cc(Br)cc(OC)c2O[C@H]1CO[Si](C(C)C)(C(C)C)C(C)C. The van der Waals surface area contributed by atoms with Gasteiger partial charge in [0.05, 0.1) is 13.7 Å². The van der Waals surface area contributed by atoms with Crippen molar-refractivity contribution in [1.29, 1.82) is 0 Å². The zero-order valence-electron chi connectivity index (χ0n) is 18.8. The number of halogens is 1. The van der Waals surface area contributed by atoms with Crippen LogP contribution in [0.2, 0.25) is 16.6 Å². The molecular formula is C21H35BrO6Si. The van der Waals surface area contributed by atoms with E-state index in [2.05, 4.69) is 57.5 Å². The summed E-state index contributed by atoms with van der Waals surface area (Å²) in [5.41, 5.74) is 1.43. The predicted octanol–water partition coefficient (Wildman–Crippen LogP) is 5.74. The van der Waals surface area contributed by atoms with Gasteiger partial charge in [-0.25, -0.2) is 0 Å². The van der Waals surface area contributed by atoms with Gasteiger partial charge in [-0.3, -0.25) is 0 Å². The maximum Gasteiger partial charge on any atom is 0.241 e. The average molecular weight is 491 g/mol. The second-order valence-corrected chi connectivity index (χ2v) is 14.7. The van der Waals surface area contributed by atoms with E-state index in [1.807, 2.05) is 12.1 Å². The van der Waals surface area contributed by atoms with Crippen molar-refractivity contribution >= 4 is 24.2 Å². The van der Waals surface area contributed by atoms with Crippen LogP contribution in [0.3, 0.4) is 0 Å². The van der Waals surface area contributed by atoms with Crippen LogP contribution >= 0.6 is 15.9 Å². The lowest BCUT2D eigenvalue weighted by molar-refractivity contribution is -0.200. The summed E-state index contributed by atoms with van der Waals surface area (Å²) in [5.74, 6) is 1.73. The zero-order valence-corrected chi connectivity index (χ0v) is 21.4. The van der Waals surface area contributed by atoms with Crippen molar-refractivity contribution < 1.29 is 28.1 Å². The first-order chi connectivity index (χ1) is 13.7. The van der Waals surface area contributed by atoms with Gasteiger partial charge in [-0.15, -0.1) is 0 Å². The molecule has 0 fully saturated rings. The molecule has 0 aliphatic carbocycles. The van der Waals surface area contributed by atoms with Gasteiger partial charge in [0.1, 0.15) is 0 Å². The van der Waals surface area contributed by atoms with Gasteiger partial charge in [-0.1, -0.05) is 57.5 Å². The van der Waals surface area contributed by atoms with E-state index in [1.54, 1.807) is 14.2 Å². The summed E-state index contributed by atoms with van der Waals surface area (Å²) in [6, 6.07) is 3.69. The standard InChI is InChI=1S/C21H35BrO6Si/c1-13(2)29(14(3)4,15(5)6)26-11-19-21(25-12-23-7)28-18-10-16(22)9-17(24-8)20(18)27-19/h9-10,13-15,19,21H,11-12H2,1-8H3/t19-,21-/m0/s1. The van der Waals surface area contributed by atoms with E-state index < -0.39 is 20.7 Å². The number of hydrogen-bond acceptors (Lipinski definition) is 6. The molecule has 0 saturated heterocycles. The molecule has 1 aromatic carbocycles. The van der Waals surface area contributed by atoms with Crippen molar-refractivity contribution in [1.82, 2.24) is 0 Å². The highest BCUT2D eigenvalue weighted by molar-refractivity contribution is 9.10. The molecule has 0 saturated carbocycles. The normalized spacial score (nSPS) is 19.3.